The van der Waals surface area contributed by atoms with Gasteiger partial charge in [-0.1, -0.05) is 18.6 Å². The zero-order valence-corrected chi connectivity index (χ0v) is 11.4. The summed E-state index contributed by atoms with van der Waals surface area (Å²) in [5, 5.41) is 3.71. The van der Waals surface area contributed by atoms with Crippen LogP contribution < -0.4 is 15.8 Å². The predicted molar refractivity (Wildman–Crippen MR) is 74.7 cm³/mol. The van der Waals surface area contributed by atoms with Gasteiger partial charge in [-0.2, -0.15) is 0 Å². The maximum absolute atomic E-state index is 5.82. The Bertz CT molecular complexity index is 381. The van der Waals surface area contributed by atoms with Crippen LogP contribution in [0.15, 0.2) is 24.3 Å². The number of ether oxygens (including phenoxy) is 1. The Labute approximate surface area is 110 Å². The van der Waals surface area contributed by atoms with Gasteiger partial charge >= 0.3 is 0 Å². The van der Waals surface area contributed by atoms with E-state index in [1.165, 1.54) is 24.8 Å². The summed E-state index contributed by atoms with van der Waals surface area (Å²) >= 11 is 0. The molecular weight excluding hydrogens is 224 g/mol. The van der Waals surface area contributed by atoms with E-state index in [4.69, 9.17) is 10.5 Å². The average molecular weight is 248 g/mol. The van der Waals surface area contributed by atoms with E-state index < -0.39 is 0 Å². The lowest BCUT2D eigenvalue weighted by molar-refractivity contribution is 0.372. The Morgan fingerprint density at radius 3 is 3.00 bits per heavy atom. The van der Waals surface area contributed by atoms with E-state index in [0.717, 1.165) is 12.3 Å². The molecule has 0 spiro atoms. The third kappa shape index (κ3) is 3.03. The van der Waals surface area contributed by atoms with Gasteiger partial charge in [0.2, 0.25) is 0 Å². The van der Waals surface area contributed by atoms with Gasteiger partial charge in [-0.05, 0) is 49.9 Å². The number of hydrogen-bond acceptors (Lipinski definition) is 3. The van der Waals surface area contributed by atoms with Crippen molar-refractivity contribution in [3.63, 3.8) is 0 Å². The molecule has 1 aromatic carbocycles. The summed E-state index contributed by atoms with van der Waals surface area (Å²) in [7, 11) is 1.71. The van der Waals surface area contributed by atoms with Gasteiger partial charge in [0, 0.05) is 12.1 Å². The van der Waals surface area contributed by atoms with E-state index in [0.29, 0.717) is 18.0 Å². The molecular formula is C15H24N2O. The van der Waals surface area contributed by atoms with Crippen LogP contribution in [0.3, 0.4) is 0 Å². The number of hydrogen-bond donors (Lipinski definition) is 2. The Morgan fingerprint density at radius 1 is 1.44 bits per heavy atom. The third-order valence-electron chi connectivity index (χ3n) is 4.02. The summed E-state index contributed by atoms with van der Waals surface area (Å²) in [5.41, 5.74) is 7.10. The summed E-state index contributed by atoms with van der Waals surface area (Å²) in [5.74, 6) is 1.56. The second kappa shape index (κ2) is 6.21. The molecule has 3 N–H and O–H groups in total. The van der Waals surface area contributed by atoms with Gasteiger partial charge < -0.3 is 15.8 Å². The highest BCUT2D eigenvalue weighted by atomic mass is 16.5. The smallest absolute Gasteiger partial charge is 0.119 e. The Hall–Kier alpha value is -1.06. The molecule has 3 atom stereocenters. The van der Waals surface area contributed by atoms with Crippen LogP contribution in [0.2, 0.25) is 0 Å². The SMILES string of the molecule is COc1cccc([C@H](C)NC2CCCC2CN)c1. The van der Waals surface area contributed by atoms with Crippen molar-refractivity contribution in [1.29, 1.82) is 0 Å². The number of methoxy groups -OCH3 is 1. The maximum atomic E-state index is 5.82. The lowest BCUT2D eigenvalue weighted by Crippen LogP contribution is -2.37. The van der Waals surface area contributed by atoms with E-state index in [9.17, 15) is 0 Å². The summed E-state index contributed by atoms with van der Waals surface area (Å²) < 4.78 is 5.27. The van der Waals surface area contributed by atoms with E-state index in [2.05, 4.69) is 24.4 Å². The first-order valence-corrected chi connectivity index (χ1v) is 6.84. The fourth-order valence-corrected chi connectivity index (χ4v) is 2.87. The predicted octanol–water partition coefficient (Wildman–Crippen LogP) is 2.47. The zero-order valence-electron chi connectivity index (χ0n) is 11.4. The molecule has 0 bridgehead atoms. The summed E-state index contributed by atoms with van der Waals surface area (Å²) in [4.78, 5) is 0. The van der Waals surface area contributed by atoms with Crippen molar-refractivity contribution in [2.75, 3.05) is 13.7 Å². The van der Waals surface area contributed by atoms with Gasteiger partial charge in [-0.15, -0.1) is 0 Å². The highest BCUT2D eigenvalue weighted by Gasteiger charge is 2.27. The highest BCUT2D eigenvalue weighted by molar-refractivity contribution is 5.30. The second-order valence-corrected chi connectivity index (χ2v) is 5.20. The fourth-order valence-electron chi connectivity index (χ4n) is 2.87. The first-order valence-electron chi connectivity index (χ1n) is 6.84. The van der Waals surface area contributed by atoms with Crippen LogP contribution in [-0.4, -0.2) is 19.7 Å². The molecule has 0 saturated heterocycles. The molecule has 0 heterocycles. The van der Waals surface area contributed by atoms with Gasteiger partial charge in [0.15, 0.2) is 0 Å². The normalized spacial score (nSPS) is 25.1. The molecule has 0 aliphatic heterocycles. The van der Waals surface area contributed by atoms with Crippen molar-refractivity contribution in [2.24, 2.45) is 11.7 Å². The van der Waals surface area contributed by atoms with Crippen molar-refractivity contribution in [3.05, 3.63) is 29.8 Å². The first-order chi connectivity index (χ1) is 8.74. The topological polar surface area (TPSA) is 47.3 Å². The molecule has 0 radical (unpaired) electrons. The minimum Gasteiger partial charge on any atom is -0.497 e. The first kappa shape index (κ1) is 13.4. The van der Waals surface area contributed by atoms with Crippen LogP contribution >= 0.6 is 0 Å². The molecule has 1 aliphatic carbocycles. The molecule has 100 valence electrons. The van der Waals surface area contributed by atoms with Crippen LogP contribution in [0.25, 0.3) is 0 Å². The van der Waals surface area contributed by atoms with Crippen LogP contribution in [0, 0.1) is 5.92 Å². The molecule has 0 aromatic heterocycles. The quantitative estimate of drug-likeness (QED) is 0.841. The zero-order chi connectivity index (χ0) is 13.0. The number of nitrogens with two attached hydrogens (primary N) is 1. The van der Waals surface area contributed by atoms with Crippen LogP contribution in [0.4, 0.5) is 0 Å². The minimum absolute atomic E-state index is 0.345. The lowest BCUT2D eigenvalue weighted by atomic mass is 10.0. The Balaban J connectivity index is 2.00. The third-order valence-corrected chi connectivity index (χ3v) is 4.02. The van der Waals surface area contributed by atoms with Crippen molar-refractivity contribution in [3.8, 4) is 5.75 Å². The molecule has 1 fully saturated rings. The molecule has 3 heteroatoms. The monoisotopic (exact) mass is 248 g/mol. The van der Waals surface area contributed by atoms with Gasteiger partial charge in [0.05, 0.1) is 7.11 Å². The molecule has 1 aliphatic rings. The molecule has 18 heavy (non-hydrogen) atoms. The van der Waals surface area contributed by atoms with Crippen molar-refractivity contribution in [2.45, 2.75) is 38.3 Å². The summed E-state index contributed by atoms with van der Waals surface area (Å²) in [6.07, 6.45) is 3.81. The molecule has 3 nitrogen and oxygen atoms in total. The molecule has 1 saturated carbocycles. The number of rotatable bonds is 5. The summed E-state index contributed by atoms with van der Waals surface area (Å²) in [6, 6.07) is 9.18. The van der Waals surface area contributed by atoms with Crippen molar-refractivity contribution < 1.29 is 4.74 Å². The number of benzene rings is 1. The van der Waals surface area contributed by atoms with Crippen LogP contribution in [-0.2, 0) is 0 Å². The van der Waals surface area contributed by atoms with E-state index >= 15 is 0 Å². The molecule has 2 rings (SSSR count). The Morgan fingerprint density at radius 2 is 2.28 bits per heavy atom. The van der Waals surface area contributed by atoms with Gasteiger partial charge in [0.1, 0.15) is 5.75 Å². The molecule has 1 aromatic rings. The van der Waals surface area contributed by atoms with Gasteiger partial charge in [0.25, 0.3) is 0 Å². The fraction of sp³-hybridized carbons (Fsp3) is 0.600. The van der Waals surface area contributed by atoms with E-state index in [1.54, 1.807) is 7.11 Å². The molecule has 0 amide bonds. The second-order valence-electron chi connectivity index (χ2n) is 5.20. The number of nitrogens with one attached hydrogen (secondary N) is 1. The highest BCUT2D eigenvalue weighted by Crippen LogP contribution is 2.27. The van der Waals surface area contributed by atoms with E-state index in [-0.39, 0.29) is 0 Å². The maximum Gasteiger partial charge on any atom is 0.119 e. The Kier molecular flexibility index (Phi) is 4.61. The van der Waals surface area contributed by atoms with Crippen LogP contribution in [0.5, 0.6) is 5.75 Å². The average Bonchev–Trinajstić information content (AvgIpc) is 2.86. The lowest BCUT2D eigenvalue weighted by Gasteiger charge is -2.24. The van der Waals surface area contributed by atoms with Gasteiger partial charge in [-0.3, -0.25) is 0 Å². The van der Waals surface area contributed by atoms with Gasteiger partial charge in [-0.25, -0.2) is 0 Å². The largest absolute Gasteiger partial charge is 0.497 e. The summed E-state index contributed by atoms with van der Waals surface area (Å²) in [6.45, 7) is 3.00. The van der Waals surface area contributed by atoms with E-state index in [1.807, 2.05) is 12.1 Å². The van der Waals surface area contributed by atoms with Crippen molar-refractivity contribution >= 4 is 0 Å². The molecule has 2 unspecified atom stereocenters. The standard InChI is InChI=1S/C15H24N2O/c1-11(12-5-3-7-14(9-12)18-2)17-15-8-4-6-13(15)10-16/h3,5,7,9,11,13,15,17H,4,6,8,10,16H2,1-2H3/t11-,13?,15?/m0/s1. The van der Waals surface area contributed by atoms with Crippen molar-refractivity contribution in [1.82, 2.24) is 5.32 Å². The van der Waals surface area contributed by atoms with Crippen LogP contribution in [0.1, 0.15) is 37.8 Å². The minimum atomic E-state index is 0.345.